The Labute approximate surface area is 412 Å². The van der Waals surface area contributed by atoms with Gasteiger partial charge in [0, 0.05) is 16.7 Å². The molecular weight excluding hydrogens is 857 g/mol. The molecule has 2 heteroatoms. The summed E-state index contributed by atoms with van der Waals surface area (Å²) >= 11 is 0. The van der Waals surface area contributed by atoms with E-state index in [-0.39, 0.29) is 0 Å². The molecule has 0 saturated carbocycles. The molecule has 0 atom stereocenters. The molecule has 1 aliphatic rings. The maximum absolute atomic E-state index is 5.44. The van der Waals surface area contributed by atoms with Crippen molar-refractivity contribution in [1.29, 1.82) is 0 Å². The molecule has 0 radical (unpaired) electrons. The van der Waals surface area contributed by atoms with Crippen LogP contribution in [0, 0.1) is 0 Å². The quantitative estimate of drug-likeness (QED) is 0.118. The van der Waals surface area contributed by atoms with Crippen LogP contribution in [0.15, 0.2) is 267 Å². The predicted octanol–water partition coefficient (Wildman–Crippen LogP) is 17.8. The standard InChI is InChI=1S/C69H44N2/c1-5-21-46(22-6-1)64-55-30-15-16-31-56(55)65(67-54-29-14-13-20-45(54)40-41-59(64)67)51-39-37-48-42-50(38-36-49(48)43-51)62-44-63(71-68(70-62)47-23-7-2-8-24-47)58-33-19-35-61-66(58)57-32-17-18-34-60(57)69(61,52-25-9-3-10-26-52)53-27-11-4-12-28-53/h1-44H. The van der Waals surface area contributed by atoms with Crippen molar-refractivity contribution in [2.75, 3.05) is 0 Å². The van der Waals surface area contributed by atoms with Gasteiger partial charge in [-0.05, 0) is 117 Å². The van der Waals surface area contributed by atoms with Crippen molar-refractivity contribution in [3.05, 3.63) is 289 Å². The SMILES string of the molecule is c1ccc(-c2nc(-c3ccc4cc(-c5c6ccccc6c(-c6ccccc6)c6ccc7ccccc7c56)ccc4c3)cc(-c3cccc4c3-c3ccccc3C4(c3ccccc3)c3ccccc3)n2)cc1. The maximum atomic E-state index is 5.44. The lowest BCUT2D eigenvalue weighted by Crippen LogP contribution is -2.28. The third kappa shape index (κ3) is 6.42. The van der Waals surface area contributed by atoms with E-state index in [0.717, 1.165) is 33.5 Å². The Morgan fingerprint density at radius 2 is 0.789 bits per heavy atom. The molecule has 14 rings (SSSR count). The second-order valence-electron chi connectivity index (χ2n) is 18.7. The van der Waals surface area contributed by atoms with Crippen LogP contribution in [-0.4, -0.2) is 9.97 Å². The van der Waals surface area contributed by atoms with Crippen molar-refractivity contribution in [2.24, 2.45) is 0 Å². The highest BCUT2D eigenvalue weighted by Gasteiger charge is 2.46. The van der Waals surface area contributed by atoms with Crippen LogP contribution in [0.2, 0.25) is 0 Å². The molecule has 0 spiro atoms. The Morgan fingerprint density at radius 3 is 1.51 bits per heavy atom. The molecule has 0 amide bonds. The van der Waals surface area contributed by atoms with Crippen LogP contribution in [-0.2, 0) is 5.41 Å². The van der Waals surface area contributed by atoms with Gasteiger partial charge in [-0.15, -0.1) is 0 Å². The van der Waals surface area contributed by atoms with E-state index in [0.29, 0.717) is 5.82 Å². The third-order valence-corrected chi connectivity index (χ3v) is 14.9. The molecular formula is C69H44N2. The van der Waals surface area contributed by atoms with Crippen molar-refractivity contribution in [1.82, 2.24) is 9.97 Å². The highest BCUT2D eigenvalue weighted by Crippen LogP contribution is 2.58. The molecule has 0 fully saturated rings. The van der Waals surface area contributed by atoms with Crippen LogP contribution < -0.4 is 0 Å². The Morgan fingerprint density at radius 1 is 0.268 bits per heavy atom. The van der Waals surface area contributed by atoms with Gasteiger partial charge in [0.15, 0.2) is 5.82 Å². The number of benzene rings is 12. The molecule has 1 aromatic heterocycles. The van der Waals surface area contributed by atoms with Crippen LogP contribution in [0.1, 0.15) is 22.3 Å². The van der Waals surface area contributed by atoms with Gasteiger partial charge in [-0.1, -0.05) is 249 Å². The highest BCUT2D eigenvalue weighted by atomic mass is 14.9. The van der Waals surface area contributed by atoms with E-state index in [1.165, 1.54) is 93.3 Å². The van der Waals surface area contributed by atoms with E-state index in [2.05, 4.69) is 261 Å². The second kappa shape index (κ2) is 16.5. The van der Waals surface area contributed by atoms with Gasteiger partial charge in [-0.25, -0.2) is 9.97 Å². The van der Waals surface area contributed by atoms with E-state index in [9.17, 15) is 0 Å². The van der Waals surface area contributed by atoms with Crippen LogP contribution in [0.4, 0.5) is 0 Å². The van der Waals surface area contributed by atoms with Crippen LogP contribution in [0.3, 0.4) is 0 Å². The van der Waals surface area contributed by atoms with Gasteiger partial charge in [-0.3, -0.25) is 0 Å². The van der Waals surface area contributed by atoms with Crippen molar-refractivity contribution < 1.29 is 0 Å². The number of rotatable bonds is 7. The number of nitrogens with zero attached hydrogens (tertiary/aromatic N) is 2. The number of aromatic nitrogens is 2. The minimum Gasteiger partial charge on any atom is -0.228 e. The number of hydrogen-bond acceptors (Lipinski definition) is 2. The Balaban J connectivity index is 0.954. The molecule has 0 aliphatic heterocycles. The zero-order valence-electron chi connectivity index (χ0n) is 38.8. The minimum atomic E-state index is -0.518. The van der Waals surface area contributed by atoms with Crippen molar-refractivity contribution in [2.45, 2.75) is 5.41 Å². The van der Waals surface area contributed by atoms with Crippen LogP contribution in [0.25, 0.3) is 110 Å². The Kier molecular flexibility index (Phi) is 9.47. The summed E-state index contributed by atoms with van der Waals surface area (Å²) in [6.45, 7) is 0. The van der Waals surface area contributed by atoms with Crippen molar-refractivity contribution in [3.8, 4) is 67.3 Å². The minimum absolute atomic E-state index is 0.518. The highest BCUT2D eigenvalue weighted by molar-refractivity contribution is 6.28. The monoisotopic (exact) mass is 900 g/mol. The molecule has 2 nitrogen and oxygen atoms in total. The predicted molar refractivity (Wildman–Crippen MR) is 297 cm³/mol. The molecule has 0 N–H and O–H groups in total. The summed E-state index contributed by atoms with van der Waals surface area (Å²) in [5, 5.41) is 9.83. The Bertz CT molecular complexity index is 4160. The van der Waals surface area contributed by atoms with E-state index in [4.69, 9.17) is 9.97 Å². The zero-order chi connectivity index (χ0) is 46.9. The summed E-state index contributed by atoms with van der Waals surface area (Å²) in [6, 6.07) is 97.2. The smallest absolute Gasteiger partial charge is 0.160 e. The van der Waals surface area contributed by atoms with Crippen LogP contribution >= 0.6 is 0 Å². The molecule has 1 heterocycles. The lowest BCUT2D eigenvalue weighted by Gasteiger charge is -2.33. The fraction of sp³-hybridized carbons (Fsp3) is 0.0145. The second-order valence-corrected chi connectivity index (χ2v) is 18.7. The average Bonchev–Trinajstić information content (AvgIpc) is 3.76. The van der Waals surface area contributed by atoms with Crippen LogP contribution in [0.5, 0.6) is 0 Å². The first-order valence-corrected chi connectivity index (χ1v) is 24.5. The van der Waals surface area contributed by atoms with Gasteiger partial charge in [-0.2, -0.15) is 0 Å². The topological polar surface area (TPSA) is 25.8 Å². The van der Waals surface area contributed by atoms with Gasteiger partial charge in [0.2, 0.25) is 0 Å². The van der Waals surface area contributed by atoms with E-state index >= 15 is 0 Å². The Hall–Kier alpha value is -9.24. The number of hydrogen-bond donors (Lipinski definition) is 0. The van der Waals surface area contributed by atoms with E-state index < -0.39 is 5.41 Å². The maximum Gasteiger partial charge on any atom is 0.160 e. The summed E-state index contributed by atoms with van der Waals surface area (Å²) in [5.74, 6) is 0.694. The largest absolute Gasteiger partial charge is 0.228 e. The molecule has 0 saturated heterocycles. The number of fused-ring (bicyclic) bond motifs is 8. The first kappa shape index (κ1) is 40.8. The molecule has 12 aromatic carbocycles. The lowest BCUT2D eigenvalue weighted by atomic mass is 9.67. The van der Waals surface area contributed by atoms with Crippen molar-refractivity contribution in [3.63, 3.8) is 0 Å². The molecule has 71 heavy (non-hydrogen) atoms. The van der Waals surface area contributed by atoms with Crippen molar-refractivity contribution >= 4 is 43.1 Å². The van der Waals surface area contributed by atoms with E-state index in [1.807, 2.05) is 6.07 Å². The summed E-state index contributed by atoms with van der Waals surface area (Å²) < 4.78 is 0. The third-order valence-electron chi connectivity index (χ3n) is 14.9. The summed E-state index contributed by atoms with van der Waals surface area (Å²) in [5.41, 5.74) is 16.7. The molecule has 13 aromatic rings. The van der Waals surface area contributed by atoms with Gasteiger partial charge in [0.25, 0.3) is 0 Å². The first-order chi connectivity index (χ1) is 35.2. The van der Waals surface area contributed by atoms with Gasteiger partial charge < -0.3 is 0 Å². The zero-order valence-corrected chi connectivity index (χ0v) is 38.8. The van der Waals surface area contributed by atoms with Gasteiger partial charge in [0.1, 0.15) is 0 Å². The molecule has 0 unspecified atom stereocenters. The first-order valence-electron chi connectivity index (χ1n) is 24.5. The molecule has 330 valence electrons. The molecule has 1 aliphatic carbocycles. The normalized spacial score (nSPS) is 12.6. The van der Waals surface area contributed by atoms with E-state index in [1.54, 1.807) is 0 Å². The summed E-state index contributed by atoms with van der Waals surface area (Å²) in [6.07, 6.45) is 0. The van der Waals surface area contributed by atoms with Gasteiger partial charge >= 0.3 is 0 Å². The fourth-order valence-electron chi connectivity index (χ4n) is 11.9. The van der Waals surface area contributed by atoms with Gasteiger partial charge in [0.05, 0.1) is 16.8 Å². The molecule has 0 bridgehead atoms. The lowest BCUT2D eigenvalue weighted by molar-refractivity contribution is 0.768. The summed E-state index contributed by atoms with van der Waals surface area (Å²) in [7, 11) is 0. The summed E-state index contributed by atoms with van der Waals surface area (Å²) in [4.78, 5) is 10.8. The fourth-order valence-corrected chi connectivity index (χ4v) is 11.9. The average molecular weight is 901 g/mol.